The van der Waals surface area contributed by atoms with Gasteiger partial charge in [-0.1, -0.05) is 18.6 Å². The summed E-state index contributed by atoms with van der Waals surface area (Å²) in [6.45, 7) is 5.64. The quantitative estimate of drug-likeness (QED) is 0.534. The molecule has 14 heavy (non-hydrogen) atoms. The van der Waals surface area contributed by atoms with Gasteiger partial charge in [0, 0.05) is 12.6 Å². The van der Waals surface area contributed by atoms with Crippen molar-refractivity contribution in [3.8, 4) is 0 Å². The Morgan fingerprint density at radius 1 is 1.43 bits per heavy atom. The van der Waals surface area contributed by atoms with Crippen LogP contribution in [0.15, 0.2) is 12.2 Å². The van der Waals surface area contributed by atoms with Crippen LogP contribution in [0.5, 0.6) is 0 Å². The van der Waals surface area contributed by atoms with Crippen LogP contribution in [-0.4, -0.2) is 37.6 Å². The number of piperidine rings is 1. The Hall–Kier alpha value is -0.340. The SMILES string of the molecule is C/C=C/CCNCC1CCCCN1C. The molecule has 1 aliphatic rings. The van der Waals surface area contributed by atoms with E-state index in [0.29, 0.717) is 0 Å². The van der Waals surface area contributed by atoms with Crippen LogP contribution in [-0.2, 0) is 0 Å². The highest BCUT2D eigenvalue weighted by atomic mass is 15.2. The molecule has 2 nitrogen and oxygen atoms in total. The van der Waals surface area contributed by atoms with E-state index < -0.39 is 0 Å². The fourth-order valence-electron chi connectivity index (χ4n) is 2.02. The molecule has 0 aromatic rings. The minimum absolute atomic E-state index is 0.773. The third-order valence-corrected chi connectivity index (χ3v) is 3.02. The molecule has 0 aromatic heterocycles. The number of allylic oxidation sites excluding steroid dienone is 1. The van der Waals surface area contributed by atoms with Crippen LogP contribution in [0.3, 0.4) is 0 Å². The first kappa shape index (κ1) is 11.7. The Morgan fingerprint density at radius 2 is 2.29 bits per heavy atom. The molecule has 1 fully saturated rings. The second kappa shape index (κ2) is 7.02. The van der Waals surface area contributed by atoms with Crippen molar-refractivity contribution in [3.05, 3.63) is 12.2 Å². The number of nitrogens with one attached hydrogen (secondary N) is 1. The third-order valence-electron chi connectivity index (χ3n) is 3.02. The van der Waals surface area contributed by atoms with Gasteiger partial charge in [0.25, 0.3) is 0 Å². The van der Waals surface area contributed by atoms with E-state index in [-0.39, 0.29) is 0 Å². The Morgan fingerprint density at radius 3 is 3.00 bits per heavy atom. The molecule has 2 heteroatoms. The number of nitrogens with zero attached hydrogens (tertiary/aromatic N) is 1. The zero-order chi connectivity index (χ0) is 10.2. The van der Waals surface area contributed by atoms with Gasteiger partial charge in [0.05, 0.1) is 0 Å². The first-order chi connectivity index (χ1) is 6.84. The topological polar surface area (TPSA) is 15.3 Å². The van der Waals surface area contributed by atoms with E-state index in [9.17, 15) is 0 Å². The first-order valence-electron chi connectivity index (χ1n) is 5.86. The van der Waals surface area contributed by atoms with Crippen LogP contribution < -0.4 is 5.32 Å². The Labute approximate surface area is 88.4 Å². The van der Waals surface area contributed by atoms with Crippen LogP contribution in [0.4, 0.5) is 0 Å². The van der Waals surface area contributed by atoms with Crippen molar-refractivity contribution in [3.63, 3.8) is 0 Å². The van der Waals surface area contributed by atoms with Gasteiger partial charge in [-0.25, -0.2) is 0 Å². The van der Waals surface area contributed by atoms with Gasteiger partial charge in [-0.2, -0.15) is 0 Å². The molecule has 0 aromatic carbocycles. The lowest BCUT2D eigenvalue weighted by atomic mass is 10.0. The average molecular weight is 196 g/mol. The van der Waals surface area contributed by atoms with Gasteiger partial charge in [-0.05, 0) is 46.3 Å². The number of hydrogen-bond donors (Lipinski definition) is 1. The van der Waals surface area contributed by atoms with Gasteiger partial charge in [-0.15, -0.1) is 0 Å². The average Bonchev–Trinajstić information content (AvgIpc) is 2.20. The van der Waals surface area contributed by atoms with Crippen molar-refractivity contribution >= 4 is 0 Å². The summed E-state index contributed by atoms with van der Waals surface area (Å²) in [5.41, 5.74) is 0. The standard InChI is InChI=1S/C12H24N2/c1-3-4-6-9-13-11-12-8-5-7-10-14(12)2/h3-4,12-13H,5-11H2,1-2H3/b4-3+. The highest BCUT2D eigenvalue weighted by Gasteiger charge is 2.17. The second-order valence-corrected chi connectivity index (χ2v) is 4.19. The summed E-state index contributed by atoms with van der Waals surface area (Å²) in [6, 6.07) is 0.773. The number of hydrogen-bond acceptors (Lipinski definition) is 2. The monoisotopic (exact) mass is 196 g/mol. The lowest BCUT2D eigenvalue weighted by Crippen LogP contribution is -2.43. The van der Waals surface area contributed by atoms with Crippen LogP contribution >= 0.6 is 0 Å². The molecule has 1 heterocycles. The summed E-state index contributed by atoms with van der Waals surface area (Å²) in [7, 11) is 2.25. The van der Waals surface area contributed by atoms with Gasteiger partial charge in [0.1, 0.15) is 0 Å². The van der Waals surface area contributed by atoms with Crippen molar-refractivity contribution in [1.29, 1.82) is 0 Å². The fraction of sp³-hybridized carbons (Fsp3) is 0.833. The van der Waals surface area contributed by atoms with E-state index in [4.69, 9.17) is 0 Å². The van der Waals surface area contributed by atoms with E-state index in [2.05, 4.69) is 36.3 Å². The van der Waals surface area contributed by atoms with Gasteiger partial charge in [-0.3, -0.25) is 0 Å². The summed E-state index contributed by atoms with van der Waals surface area (Å²) in [4.78, 5) is 2.49. The van der Waals surface area contributed by atoms with Crippen LogP contribution in [0.25, 0.3) is 0 Å². The second-order valence-electron chi connectivity index (χ2n) is 4.19. The van der Waals surface area contributed by atoms with Crippen molar-refractivity contribution in [2.75, 3.05) is 26.7 Å². The smallest absolute Gasteiger partial charge is 0.0217 e. The summed E-state index contributed by atoms with van der Waals surface area (Å²) < 4.78 is 0. The number of rotatable bonds is 5. The summed E-state index contributed by atoms with van der Waals surface area (Å²) >= 11 is 0. The highest BCUT2D eigenvalue weighted by Crippen LogP contribution is 2.13. The maximum Gasteiger partial charge on any atom is 0.0217 e. The third kappa shape index (κ3) is 4.25. The minimum atomic E-state index is 0.773. The zero-order valence-corrected chi connectivity index (χ0v) is 9.63. The predicted octanol–water partition coefficient (Wildman–Crippen LogP) is 2.03. The van der Waals surface area contributed by atoms with Gasteiger partial charge in [0.2, 0.25) is 0 Å². The molecular weight excluding hydrogens is 172 g/mol. The highest BCUT2D eigenvalue weighted by molar-refractivity contribution is 4.79. The maximum absolute atomic E-state index is 3.53. The zero-order valence-electron chi connectivity index (χ0n) is 9.63. The van der Waals surface area contributed by atoms with Gasteiger partial charge in [0.15, 0.2) is 0 Å². The van der Waals surface area contributed by atoms with Crippen molar-refractivity contribution < 1.29 is 0 Å². The molecule has 0 saturated carbocycles. The molecule has 0 aliphatic carbocycles. The largest absolute Gasteiger partial charge is 0.315 e. The molecule has 1 rings (SSSR count). The predicted molar refractivity (Wildman–Crippen MR) is 62.6 cm³/mol. The van der Waals surface area contributed by atoms with E-state index in [1.807, 2.05) is 0 Å². The van der Waals surface area contributed by atoms with Crippen LogP contribution in [0.1, 0.15) is 32.6 Å². The van der Waals surface area contributed by atoms with Gasteiger partial charge >= 0.3 is 0 Å². The van der Waals surface area contributed by atoms with Crippen LogP contribution in [0, 0.1) is 0 Å². The molecule has 1 aliphatic heterocycles. The molecule has 1 unspecified atom stereocenters. The molecule has 0 amide bonds. The molecule has 1 saturated heterocycles. The number of likely N-dealkylation sites (tertiary alicyclic amines) is 1. The van der Waals surface area contributed by atoms with E-state index >= 15 is 0 Å². The lowest BCUT2D eigenvalue weighted by molar-refractivity contribution is 0.182. The Balaban J connectivity index is 2.04. The Bertz CT molecular complexity index is 166. The van der Waals surface area contributed by atoms with E-state index in [0.717, 1.165) is 25.6 Å². The first-order valence-corrected chi connectivity index (χ1v) is 5.86. The van der Waals surface area contributed by atoms with E-state index in [1.165, 1.54) is 25.8 Å². The lowest BCUT2D eigenvalue weighted by Gasteiger charge is -2.32. The van der Waals surface area contributed by atoms with E-state index in [1.54, 1.807) is 0 Å². The summed E-state index contributed by atoms with van der Waals surface area (Å²) in [6.07, 6.45) is 9.66. The molecule has 82 valence electrons. The van der Waals surface area contributed by atoms with Crippen molar-refractivity contribution in [2.45, 2.75) is 38.6 Å². The molecule has 0 spiro atoms. The number of likely N-dealkylation sites (N-methyl/N-ethyl adjacent to an activating group) is 1. The van der Waals surface area contributed by atoms with Crippen molar-refractivity contribution in [1.82, 2.24) is 10.2 Å². The minimum Gasteiger partial charge on any atom is -0.315 e. The van der Waals surface area contributed by atoms with Crippen LogP contribution in [0.2, 0.25) is 0 Å². The molecular formula is C12H24N2. The maximum atomic E-state index is 3.53. The normalized spacial score (nSPS) is 24.6. The Kier molecular flexibility index (Phi) is 5.88. The summed E-state index contributed by atoms with van der Waals surface area (Å²) in [5, 5.41) is 3.53. The molecule has 0 bridgehead atoms. The van der Waals surface area contributed by atoms with Crippen molar-refractivity contribution in [2.24, 2.45) is 0 Å². The fourth-order valence-corrected chi connectivity index (χ4v) is 2.02. The summed E-state index contributed by atoms with van der Waals surface area (Å²) in [5.74, 6) is 0. The molecule has 1 N–H and O–H groups in total. The molecule has 0 radical (unpaired) electrons. The van der Waals surface area contributed by atoms with Gasteiger partial charge < -0.3 is 10.2 Å². The molecule has 1 atom stereocenters.